The topological polar surface area (TPSA) is 73.8 Å². The number of nitrogens with two attached hydrogens (primary N) is 1. The maximum atomic E-state index is 12.8. The summed E-state index contributed by atoms with van der Waals surface area (Å²) in [6.45, 7) is 4.74. The number of carbonyl (C=O) groups is 1. The average Bonchev–Trinajstić information content (AvgIpc) is 2.91. The van der Waals surface area contributed by atoms with Gasteiger partial charge < -0.3 is 10.3 Å². The fraction of sp³-hybridized carbons (Fsp3) is 0.471. The molecule has 9 heteroatoms. The number of hydrogen-bond acceptors (Lipinski definition) is 4. The molecule has 2 N–H and O–H groups in total. The third-order valence-electron chi connectivity index (χ3n) is 3.56. The largest absolute Gasteiger partial charge is 0.416 e. The van der Waals surface area contributed by atoms with Crippen molar-refractivity contribution in [3.05, 3.63) is 41.2 Å². The molecule has 0 fully saturated rings. The van der Waals surface area contributed by atoms with Gasteiger partial charge in [-0.1, -0.05) is 43.8 Å². The van der Waals surface area contributed by atoms with Gasteiger partial charge in [-0.25, -0.2) is 0 Å². The molecule has 0 bridgehead atoms. The molecule has 1 heterocycles. The molecule has 5 nitrogen and oxygen atoms in total. The molecule has 1 amide bonds. The number of rotatable bonds is 8. The van der Waals surface area contributed by atoms with E-state index in [1.807, 2.05) is 18.4 Å². The molecule has 142 valence electrons. The Morgan fingerprint density at radius 1 is 1.31 bits per heavy atom. The summed E-state index contributed by atoms with van der Waals surface area (Å²) in [7, 11) is 0. The van der Waals surface area contributed by atoms with E-state index in [1.54, 1.807) is 6.07 Å². The number of nitrogens with zero attached hydrogens (tertiary/aromatic N) is 3. The number of thioether (sulfide) groups is 1. The Morgan fingerprint density at radius 2 is 2.04 bits per heavy atom. The molecule has 0 aliphatic rings. The van der Waals surface area contributed by atoms with Gasteiger partial charge in [0.1, 0.15) is 5.82 Å². The summed E-state index contributed by atoms with van der Waals surface area (Å²) in [5.74, 6) is 0.910. The summed E-state index contributed by atoms with van der Waals surface area (Å²) < 4.78 is 40.4. The normalized spacial score (nSPS) is 11.9. The maximum Gasteiger partial charge on any atom is 0.416 e. The maximum absolute atomic E-state index is 12.8. The first kappa shape index (κ1) is 20.3. The quantitative estimate of drug-likeness (QED) is 0.703. The van der Waals surface area contributed by atoms with Crippen LogP contribution in [0.15, 0.2) is 29.4 Å². The van der Waals surface area contributed by atoms with Crippen molar-refractivity contribution in [3.63, 3.8) is 0 Å². The fourth-order valence-corrected chi connectivity index (χ4v) is 3.29. The van der Waals surface area contributed by atoms with Crippen LogP contribution in [-0.4, -0.2) is 20.7 Å². The lowest BCUT2D eigenvalue weighted by molar-refractivity contribution is -0.137. The molecule has 2 rings (SSSR count). The van der Waals surface area contributed by atoms with E-state index in [0.29, 0.717) is 41.2 Å². The number of hydrogen-bond donors (Lipinski definition) is 1. The van der Waals surface area contributed by atoms with E-state index in [2.05, 4.69) is 10.2 Å². The number of amides is 1. The SMILES string of the molecule is CC(C)Cn1c(CCC(N)=O)nnc1SCc1cccc(C(F)(F)F)c1. The first-order chi connectivity index (χ1) is 12.2. The Balaban J connectivity index is 2.14. The lowest BCUT2D eigenvalue weighted by atomic mass is 10.1. The van der Waals surface area contributed by atoms with Gasteiger partial charge in [0, 0.05) is 25.1 Å². The van der Waals surface area contributed by atoms with Crippen LogP contribution >= 0.6 is 11.8 Å². The number of aryl methyl sites for hydroxylation is 1. The van der Waals surface area contributed by atoms with Crippen molar-refractivity contribution in [2.24, 2.45) is 11.7 Å². The Kier molecular flexibility index (Phi) is 6.69. The Labute approximate surface area is 154 Å². The van der Waals surface area contributed by atoms with Crippen LogP contribution in [0.2, 0.25) is 0 Å². The molecule has 0 saturated heterocycles. The summed E-state index contributed by atoms with van der Waals surface area (Å²) in [6.07, 6.45) is -3.80. The zero-order chi connectivity index (χ0) is 19.3. The Bertz CT molecular complexity index is 759. The number of alkyl halides is 3. The van der Waals surface area contributed by atoms with Crippen LogP contribution in [0, 0.1) is 5.92 Å². The van der Waals surface area contributed by atoms with Gasteiger partial charge in [0.05, 0.1) is 5.56 Å². The van der Waals surface area contributed by atoms with Gasteiger partial charge in [0.25, 0.3) is 0 Å². The van der Waals surface area contributed by atoms with Crippen LogP contribution in [-0.2, 0) is 29.7 Å². The van der Waals surface area contributed by atoms with Crippen LogP contribution < -0.4 is 5.73 Å². The van der Waals surface area contributed by atoms with Crippen molar-refractivity contribution in [1.29, 1.82) is 0 Å². The highest BCUT2D eigenvalue weighted by Gasteiger charge is 2.30. The van der Waals surface area contributed by atoms with Gasteiger partial charge in [-0.15, -0.1) is 10.2 Å². The molecule has 0 saturated carbocycles. The van der Waals surface area contributed by atoms with E-state index in [4.69, 9.17) is 5.73 Å². The molecule has 0 aliphatic carbocycles. The number of halogens is 3. The first-order valence-electron chi connectivity index (χ1n) is 8.16. The van der Waals surface area contributed by atoms with Gasteiger partial charge in [-0.3, -0.25) is 4.79 Å². The molecule has 0 radical (unpaired) electrons. The number of carbonyl (C=O) groups excluding carboxylic acids is 1. The van der Waals surface area contributed by atoms with Crippen LogP contribution in [0.25, 0.3) is 0 Å². The number of benzene rings is 1. The van der Waals surface area contributed by atoms with Gasteiger partial charge in [-0.05, 0) is 17.5 Å². The minimum Gasteiger partial charge on any atom is -0.370 e. The van der Waals surface area contributed by atoms with Gasteiger partial charge in [-0.2, -0.15) is 13.2 Å². The molecule has 0 unspecified atom stereocenters. The Hall–Kier alpha value is -2.03. The highest BCUT2D eigenvalue weighted by atomic mass is 32.2. The molecule has 1 aromatic carbocycles. The van der Waals surface area contributed by atoms with Crippen LogP contribution in [0.3, 0.4) is 0 Å². The highest BCUT2D eigenvalue weighted by Crippen LogP contribution is 2.31. The van der Waals surface area contributed by atoms with Crippen molar-refractivity contribution in [1.82, 2.24) is 14.8 Å². The van der Waals surface area contributed by atoms with Gasteiger partial charge >= 0.3 is 6.18 Å². The average molecular weight is 386 g/mol. The molecule has 26 heavy (non-hydrogen) atoms. The predicted octanol–water partition coefficient (Wildman–Crippen LogP) is 3.66. The lowest BCUT2D eigenvalue weighted by Crippen LogP contribution is -2.15. The Morgan fingerprint density at radius 3 is 2.65 bits per heavy atom. The fourth-order valence-electron chi connectivity index (χ4n) is 2.38. The molecular weight excluding hydrogens is 365 g/mol. The van der Waals surface area contributed by atoms with E-state index in [0.717, 1.165) is 12.1 Å². The molecule has 0 aliphatic heterocycles. The lowest BCUT2D eigenvalue weighted by Gasteiger charge is -2.12. The first-order valence-corrected chi connectivity index (χ1v) is 9.14. The van der Waals surface area contributed by atoms with Gasteiger partial charge in [0.15, 0.2) is 5.16 Å². The second kappa shape index (κ2) is 8.57. The summed E-state index contributed by atoms with van der Waals surface area (Å²) in [5.41, 5.74) is 5.08. The molecule has 0 atom stereocenters. The van der Waals surface area contributed by atoms with Crippen molar-refractivity contribution in [3.8, 4) is 0 Å². The van der Waals surface area contributed by atoms with Crippen LogP contribution in [0.1, 0.15) is 37.2 Å². The molecule has 2 aromatic rings. The molecule has 1 aromatic heterocycles. The van der Waals surface area contributed by atoms with Crippen molar-refractivity contribution >= 4 is 17.7 Å². The minimum atomic E-state index is -4.36. The second-order valence-corrected chi connectivity index (χ2v) is 7.30. The number of aromatic nitrogens is 3. The van der Waals surface area contributed by atoms with E-state index in [9.17, 15) is 18.0 Å². The van der Waals surface area contributed by atoms with E-state index in [1.165, 1.54) is 17.8 Å². The second-order valence-electron chi connectivity index (χ2n) is 6.36. The monoisotopic (exact) mass is 386 g/mol. The molecule has 0 spiro atoms. The predicted molar refractivity (Wildman–Crippen MR) is 93.4 cm³/mol. The minimum absolute atomic E-state index is 0.175. The zero-order valence-corrected chi connectivity index (χ0v) is 15.4. The summed E-state index contributed by atoms with van der Waals surface area (Å²) in [6, 6.07) is 5.25. The third kappa shape index (κ3) is 5.76. The van der Waals surface area contributed by atoms with E-state index >= 15 is 0 Å². The van der Waals surface area contributed by atoms with Crippen LogP contribution in [0.5, 0.6) is 0 Å². The summed E-state index contributed by atoms with van der Waals surface area (Å²) in [4.78, 5) is 11.0. The third-order valence-corrected chi connectivity index (χ3v) is 4.60. The summed E-state index contributed by atoms with van der Waals surface area (Å²) in [5, 5.41) is 8.87. The van der Waals surface area contributed by atoms with Crippen LogP contribution in [0.4, 0.5) is 13.2 Å². The number of primary amides is 1. The zero-order valence-electron chi connectivity index (χ0n) is 14.6. The van der Waals surface area contributed by atoms with E-state index < -0.39 is 17.6 Å². The van der Waals surface area contributed by atoms with Crippen molar-refractivity contribution < 1.29 is 18.0 Å². The smallest absolute Gasteiger partial charge is 0.370 e. The summed E-state index contributed by atoms with van der Waals surface area (Å²) >= 11 is 1.32. The van der Waals surface area contributed by atoms with Crippen molar-refractivity contribution in [2.75, 3.05) is 0 Å². The van der Waals surface area contributed by atoms with Crippen molar-refractivity contribution in [2.45, 2.75) is 50.3 Å². The van der Waals surface area contributed by atoms with E-state index in [-0.39, 0.29) is 6.42 Å². The highest BCUT2D eigenvalue weighted by molar-refractivity contribution is 7.98. The van der Waals surface area contributed by atoms with Gasteiger partial charge in [0.2, 0.25) is 5.91 Å². The standard InChI is InChI=1S/C17H21F3N4OS/c1-11(2)9-24-15(7-6-14(21)25)22-23-16(24)26-10-12-4-3-5-13(8-12)17(18,19)20/h3-5,8,11H,6-7,9-10H2,1-2H3,(H2,21,25). The molecular formula is C17H21F3N4OS.